The summed E-state index contributed by atoms with van der Waals surface area (Å²) < 4.78 is 0. The minimum absolute atomic E-state index is 0.734. The molecule has 2 aliphatic heterocycles. The van der Waals surface area contributed by atoms with Crippen molar-refractivity contribution in [1.29, 1.82) is 0 Å². The van der Waals surface area contributed by atoms with Crippen molar-refractivity contribution in [2.24, 2.45) is 0 Å². The molecule has 2 aliphatic rings. The summed E-state index contributed by atoms with van der Waals surface area (Å²) in [6.07, 6.45) is 4.19. The van der Waals surface area contributed by atoms with Gasteiger partial charge in [0.1, 0.15) is 0 Å². The minimum atomic E-state index is 0.734. The van der Waals surface area contributed by atoms with E-state index in [4.69, 9.17) is 0 Å². The Morgan fingerprint density at radius 3 is 2.67 bits per heavy atom. The Labute approximate surface area is 93.8 Å². The Bertz CT molecular complexity index is 178. The number of piperazine rings is 1. The predicted octanol–water partition coefficient (Wildman–Crippen LogP) is 0.766. The van der Waals surface area contributed by atoms with Gasteiger partial charge in [-0.1, -0.05) is 0 Å². The van der Waals surface area contributed by atoms with Crippen molar-refractivity contribution >= 4 is 0 Å². The van der Waals surface area contributed by atoms with Crippen LogP contribution in [0.3, 0.4) is 0 Å². The van der Waals surface area contributed by atoms with E-state index in [0.29, 0.717) is 0 Å². The molecule has 0 bridgehead atoms. The van der Waals surface area contributed by atoms with Crippen LogP contribution in [0.2, 0.25) is 0 Å². The molecule has 2 rings (SSSR count). The summed E-state index contributed by atoms with van der Waals surface area (Å²) >= 11 is 0. The highest BCUT2D eigenvalue weighted by atomic mass is 15.2. The Morgan fingerprint density at radius 2 is 1.93 bits per heavy atom. The Morgan fingerprint density at radius 1 is 1.13 bits per heavy atom. The lowest BCUT2D eigenvalue weighted by Gasteiger charge is -2.34. The lowest BCUT2D eigenvalue weighted by molar-refractivity contribution is 0.164. The molecule has 0 spiro atoms. The third-order valence-corrected chi connectivity index (χ3v) is 3.76. The molecule has 0 aromatic rings. The topological polar surface area (TPSA) is 18.5 Å². The molecule has 0 amide bonds. The van der Waals surface area contributed by atoms with Gasteiger partial charge in [0.25, 0.3) is 0 Å². The normalized spacial score (nSPS) is 29.8. The van der Waals surface area contributed by atoms with Gasteiger partial charge in [0.15, 0.2) is 0 Å². The summed E-state index contributed by atoms with van der Waals surface area (Å²) in [7, 11) is 0. The van der Waals surface area contributed by atoms with Crippen molar-refractivity contribution in [3.05, 3.63) is 0 Å². The summed E-state index contributed by atoms with van der Waals surface area (Å²) in [5, 5.41) is 3.44. The zero-order valence-corrected chi connectivity index (χ0v) is 10.0. The fourth-order valence-corrected chi connectivity index (χ4v) is 2.72. The maximum absolute atomic E-state index is 3.44. The smallest absolute Gasteiger partial charge is 0.0192 e. The van der Waals surface area contributed by atoms with Crippen molar-refractivity contribution < 1.29 is 0 Å². The fourth-order valence-electron chi connectivity index (χ4n) is 2.72. The van der Waals surface area contributed by atoms with Gasteiger partial charge in [0, 0.05) is 25.7 Å². The number of rotatable bonds is 4. The van der Waals surface area contributed by atoms with E-state index in [0.717, 1.165) is 6.04 Å². The Balaban J connectivity index is 1.59. The average molecular weight is 211 g/mol. The van der Waals surface area contributed by atoms with E-state index in [-0.39, 0.29) is 0 Å². The fraction of sp³-hybridized carbons (Fsp3) is 1.00. The van der Waals surface area contributed by atoms with Crippen LogP contribution in [-0.4, -0.2) is 61.7 Å². The van der Waals surface area contributed by atoms with Gasteiger partial charge in [0.2, 0.25) is 0 Å². The number of hydrogen-bond acceptors (Lipinski definition) is 3. The molecule has 0 saturated carbocycles. The third kappa shape index (κ3) is 3.44. The molecule has 2 heterocycles. The third-order valence-electron chi connectivity index (χ3n) is 3.76. The first-order valence-electron chi connectivity index (χ1n) is 6.53. The van der Waals surface area contributed by atoms with Gasteiger partial charge in [0.05, 0.1) is 0 Å². The second-order valence-electron chi connectivity index (χ2n) is 4.99. The standard InChI is InChI=1S/C12H25N3/c1-12-11-13-5-10-15(12)9-4-8-14-6-2-3-7-14/h12-13H,2-11H2,1H3/t12-/m0/s1. The number of nitrogens with one attached hydrogen (secondary N) is 1. The van der Waals surface area contributed by atoms with Crippen LogP contribution < -0.4 is 5.32 Å². The van der Waals surface area contributed by atoms with Crippen LogP contribution in [0.5, 0.6) is 0 Å². The van der Waals surface area contributed by atoms with Crippen LogP contribution in [-0.2, 0) is 0 Å². The first-order chi connectivity index (χ1) is 7.36. The molecule has 88 valence electrons. The van der Waals surface area contributed by atoms with E-state index in [9.17, 15) is 0 Å². The highest BCUT2D eigenvalue weighted by Crippen LogP contribution is 2.09. The molecule has 3 nitrogen and oxygen atoms in total. The van der Waals surface area contributed by atoms with Gasteiger partial charge in [-0.05, 0) is 52.4 Å². The van der Waals surface area contributed by atoms with Crippen molar-refractivity contribution in [1.82, 2.24) is 15.1 Å². The molecular weight excluding hydrogens is 186 g/mol. The molecule has 3 heteroatoms. The molecule has 0 aromatic heterocycles. The van der Waals surface area contributed by atoms with Crippen LogP contribution in [0.1, 0.15) is 26.2 Å². The highest BCUT2D eigenvalue weighted by Gasteiger charge is 2.17. The molecule has 0 aliphatic carbocycles. The summed E-state index contributed by atoms with van der Waals surface area (Å²) in [5.41, 5.74) is 0. The number of hydrogen-bond donors (Lipinski definition) is 1. The summed E-state index contributed by atoms with van der Waals surface area (Å²) in [6.45, 7) is 11.2. The van der Waals surface area contributed by atoms with Crippen molar-refractivity contribution in [3.63, 3.8) is 0 Å². The van der Waals surface area contributed by atoms with E-state index in [2.05, 4.69) is 22.0 Å². The van der Waals surface area contributed by atoms with Crippen molar-refractivity contribution in [3.8, 4) is 0 Å². The first-order valence-corrected chi connectivity index (χ1v) is 6.53. The van der Waals surface area contributed by atoms with Gasteiger partial charge in [-0.15, -0.1) is 0 Å². The first kappa shape index (κ1) is 11.4. The average Bonchev–Trinajstić information content (AvgIpc) is 2.74. The van der Waals surface area contributed by atoms with Gasteiger partial charge in [-0.3, -0.25) is 4.90 Å². The highest BCUT2D eigenvalue weighted by molar-refractivity contribution is 4.76. The van der Waals surface area contributed by atoms with Crippen molar-refractivity contribution in [2.45, 2.75) is 32.2 Å². The van der Waals surface area contributed by atoms with E-state index in [1.807, 2.05) is 0 Å². The zero-order valence-electron chi connectivity index (χ0n) is 10.0. The second-order valence-corrected chi connectivity index (χ2v) is 4.99. The summed E-state index contributed by atoms with van der Waals surface area (Å²) in [5.74, 6) is 0. The maximum atomic E-state index is 3.44. The quantitative estimate of drug-likeness (QED) is 0.741. The molecule has 2 saturated heterocycles. The lowest BCUT2D eigenvalue weighted by Crippen LogP contribution is -2.50. The summed E-state index contributed by atoms with van der Waals surface area (Å²) in [6, 6.07) is 0.734. The number of nitrogens with zero attached hydrogens (tertiary/aromatic N) is 2. The minimum Gasteiger partial charge on any atom is -0.314 e. The molecule has 0 unspecified atom stereocenters. The van der Waals surface area contributed by atoms with Crippen LogP contribution in [0.15, 0.2) is 0 Å². The molecule has 15 heavy (non-hydrogen) atoms. The van der Waals surface area contributed by atoms with Crippen LogP contribution in [0, 0.1) is 0 Å². The molecular formula is C12H25N3. The van der Waals surface area contributed by atoms with Crippen LogP contribution >= 0.6 is 0 Å². The zero-order chi connectivity index (χ0) is 10.5. The molecule has 2 fully saturated rings. The van der Waals surface area contributed by atoms with Crippen LogP contribution in [0.4, 0.5) is 0 Å². The van der Waals surface area contributed by atoms with Gasteiger partial charge in [-0.2, -0.15) is 0 Å². The van der Waals surface area contributed by atoms with E-state index in [1.165, 1.54) is 65.1 Å². The number of likely N-dealkylation sites (tertiary alicyclic amines) is 1. The summed E-state index contributed by atoms with van der Waals surface area (Å²) in [4.78, 5) is 5.25. The molecule has 1 atom stereocenters. The molecule has 1 N–H and O–H groups in total. The molecule has 0 aromatic carbocycles. The van der Waals surface area contributed by atoms with E-state index >= 15 is 0 Å². The Hall–Kier alpha value is -0.120. The lowest BCUT2D eigenvalue weighted by atomic mass is 10.2. The predicted molar refractivity (Wildman–Crippen MR) is 64.2 cm³/mol. The van der Waals surface area contributed by atoms with E-state index in [1.54, 1.807) is 0 Å². The molecule has 0 radical (unpaired) electrons. The van der Waals surface area contributed by atoms with Gasteiger partial charge in [-0.25, -0.2) is 0 Å². The van der Waals surface area contributed by atoms with Gasteiger partial charge < -0.3 is 10.2 Å². The largest absolute Gasteiger partial charge is 0.314 e. The van der Waals surface area contributed by atoms with Crippen LogP contribution in [0.25, 0.3) is 0 Å². The SMILES string of the molecule is C[C@H]1CNCCN1CCCN1CCCC1. The second kappa shape index (κ2) is 5.83. The monoisotopic (exact) mass is 211 g/mol. The van der Waals surface area contributed by atoms with Gasteiger partial charge >= 0.3 is 0 Å². The van der Waals surface area contributed by atoms with E-state index < -0.39 is 0 Å². The van der Waals surface area contributed by atoms with Crippen molar-refractivity contribution in [2.75, 3.05) is 45.8 Å². The Kier molecular flexibility index (Phi) is 4.42. The maximum Gasteiger partial charge on any atom is 0.0192 e.